The molecule has 0 saturated heterocycles. The lowest BCUT2D eigenvalue weighted by molar-refractivity contribution is 0.126. The summed E-state index contributed by atoms with van der Waals surface area (Å²) in [7, 11) is 0. The van der Waals surface area contributed by atoms with E-state index in [0.717, 1.165) is 54.3 Å². The first kappa shape index (κ1) is 12.5. The molecule has 0 amide bonds. The zero-order chi connectivity index (χ0) is 12.5. The van der Waals surface area contributed by atoms with Crippen LogP contribution in [0.2, 0.25) is 5.28 Å². The third-order valence-corrected chi connectivity index (χ3v) is 4.83. The van der Waals surface area contributed by atoms with Crippen LogP contribution in [0.25, 0.3) is 0 Å². The van der Waals surface area contributed by atoms with E-state index in [2.05, 4.69) is 15.3 Å². The van der Waals surface area contributed by atoms with Gasteiger partial charge in [0.25, 0.3) is 0 Å². The number of rotatable bonds is 2. The molecule has 0 bridgehead atoms. The quantitative estimate of drug-likeness (QED) is 0.818. The Labute approximate surface area is 116 Å². The second-order valence-corrected chi connectivity index (χ2v) is 6.31. The molecule has 1 aromatic rings. The van der Waals surface area contributed by atoms with Crippen LogP contribution in [0, 0.1) is 0 Å². The molecule has 2 heterocycles. The molecule has 0 spiro atoms. The van der Waals surface area contributed by atoms with Crippen molar-refractivity contribution in [2.75, 3.05) is 11.1 Å². The minimum Gasteiger partial charge on any atom is -0.393 e. The van der Waals surface area contributed by atoms with Crippen molar-refractivity contribution in [1.82, 2.24) is 9.97 Å². The van der Waals surface area contributed by atoms with Gasteiger partial charge in [-0.25, -0.2) is 4.98 Å². The summed E-state index contributed by atoms with van der Waals surface area (Å²) in [6.07, 6.45) is 4.56. The summed E-state index contributed by atoms with van der Waals surface area (Å²) in [5.74, 6) is 1.94. The second kappa shape index (κ2) is 5.23. The lowest BCUT2D eigenvalue weighted by Crippen LogP contribution is -2.28. The zero-order valence-corrected chi connectivity index (χ0v) is 11.6. The van der Waals surface area contributed by atoms with Crippen molar-refractivity contribution < 1.29 is 5.11 Å². The maximum atomic E-state index is 9.51. The number of hydrogen-bond donors (Lipinski definition) is 2. The summed E-state index contributed by atoms with van der Waals surface area (Å²) in [6, 6.07) is 0.393. The molecule has 1 saturated carbocycles. The van der Waals surface area contributed by atoms with E-state index in [1.54, 1.807) is 11.8 Å². The molecular formula is C12H16ClN3OS. The monoisotopic (exact) mass is 285 g/mol. The Morgan fingerprint density at radius 1 is 1.22 bits per heavy atom. The van der Waals surface area contributed by atoms with Crippen LogP contribution in [0.15, 0.2) is 4.90 Å². The topological polar surface area (TPSA) is 58.0 Å². The predicted octanol–water partition coefficient (Wildman–Crippen LogP) is 2.49. The molecule has 2 N–H and O–H groups in total. The van der Waals surface area contributed by atoms with Crippen molar-refractivity contribution >= 4 is 29.2 Å². The van der Waals surface area contributed by atoms with Gasteiger partial charge < -0.3 is 10.4 Å². The summed E-state index contributed by atoms with van der Waals surface area (Å²) in [5.41, 5.74) is 1.07. The van der Waals surface area contributed by atoms with Crippen molar-refractivity contribution in [2.24, 2.45) is 0 Å². The normalized spacial score (nSPS) is 27.0. The molecule has 2 aliphatic rings. The van der Waals surface area contributed by atoms with E-state index in [-0.39, 0.29) is 6.10 Å². The number of aryl methyl sites for hydroxylation is 1. The van der Waals surface area contributed by atoms with Gasteiger partial charge in [0.15, 0.2) is 0 Å². The second-order valence-electron chi connectivity index (χ2n) is 4.87. The Kier molecular flexibility index (Phi) is 3.63. The molecule has 0 atom stereocenters. The van der Waals surface area contributed by atoms with Crippen LogP contribution in [0.3, 0.4) is 0 Å². The number of aliphatic hydroxyl groups excluding tert-OH is 1. The van der Waals surface area contributed by atoms with Gasteiger partial charge in [-0.1, -0.05) is 0 Å². The molecule has 6 heteroatoms. The van der Waals surface area contributed by atoms with Crippen LogP contribution in [-0.4, -0.2) is 33.0 Å². The molecule has 18 heavy (non-hydrogen) atoms. The highest BCUT2D eigenvalue weighted by molar-refractivity contribution is 7.99. The highest BCUT2D eigenvalue weighted by Crippen LogP contribution is 2.37. The molecule has 1 fully saturated rings. The number of anilines is 1. The summed E-state index contributed by atoms with van der Waals surface area (Å²) in [4.78, 5) is 9.75. The molecule has 98 valence electrons. The molecule has 0 radical (unpaired) electrons. The summed E-state index contributed by atoms with van der Waals surface area (Å²) in [5, 5.41) is 13.3. The van der Waals surface area contributed by atoms with Crippen molar-refractivity contribution in [1.29, 1.82) is 0 Å². The minimum absolute atomic E-state index is 0.128. The van der Waals surface area contributed by atoms with Crippen LogP contribution < -0.4 is 5.32 Å². The van der Waals surface area contributed by atoms with Crippen LogP contribution in [0.5, 0.6) is 0 Å². The highest BCUT2D eigenvalue weighted by Gasteiger charge is 2.24. The lowest BCUT2D eigenvalue weighted by atomic mass is 9.93. The maximum absolute atomic E-state index is 9.51. The smallest absolute Gasteiger partial charge is 0.224 e. The van der Waals surface area contributed by atoms with Gasteiger partial charge in [-0.3, -0.25) is 0 Å². The molecule has 0 aromatic carbocycles. The Hall–Kier alpha value is -0.520. The molecule has 0 unspecified atom stereocenters. The van der Waals surface area contributed by atoms with Crippen LogP contribution in [0.1, 0.15) is 31.4 Å². The molecule has 3 rings (SSSR count). The van der Waals surface area contributed by atoms with Gasteiger partial charge >= 0.3 is 0 Å². The van der Waals surface area contributed by atoms with Gasteiger partial charge in [0.1, 0.15) is 5.82 Å². The van der Waals surface area contributed by atoms with E-state index in [9.17, 15) is 5.11 Å². The van der Waals surface area contributed by atoms with Gasteiger partial charge in [0.2, 0.25) is 5.28 Å². The summed E-state index contributed by atoms with van der Waals surface area (Å²) in [6.45, 7) is 0. The Bertz CT molecular complexity index is 449. The van der Waals surface area contributed by atoms with E-state index >= 15 is 0 Å². The fraction of sp³-hybridized carbons (Fsp3) is 0.667. The number of nitrogens with one attached hydrogen (secondary N) is 1. The summed E-state index contributed by atoms with van der Waals surface area (Å²) < 4.78 is 0. The van der Waals surface area contributed by atoms with Gasteiger partial charge in [-0.05, 0) is 37.3 Å². The fourth-order valence-electron chi connectivity index (χ4n) is 2.55. The van der Waals surface area contributed by atoms with Crippen molar-refractivity contribution in [3.63, 3.8) is 0 Å². The first-order chi connectivity index (χ1) is 8.72. The van der Waals surface area contributed by atoms with E-state index in [1.165, 1.54) is 0 Å². The molecule has 1 aliphatic carbocycles. The van der Waals surface area contributed by atoms with Crippen molar-refractivity contribution in [3.8, 4) is 0 Å². The van der Waals surface area contributed by atoms with Crippen LogP contribution >= 0.6 is 23.4 Å². The SMILES string of the molecule is OC1CCC(Nc2nc(Cl)nc3c2SCC3)CC1. The third kappa shape index (κ3) is 2.58. The molecule has 1 aliphatic heterocycles. The Morgan fingerprint density at radius 3 is 2.78 bits per heavy atom. The Morgan fingerprint density at radius 2 is 2.00 bits per heavy atom. The average Bonchev–Trinajstić information content (AvgIpc) is 2.80. The van der Waals surface area contributed by atoms with E-state index in [0.29, 0.717) is 11.3 Å². The van der Waals surface area contributed by atoms with Gasteiger partial charge in [-0.15, -0.1) is 11.8 Å². The van der Waals surface area contributed by atoms with E-state index < -0.39 is 0 Å². The first-order valence-electron chi connectivity index (χ1n) is 6.36. The number of aromatic nitrogens is 2. The van der Waals surface area contributed by atoms with Crippen LogP contribution in [-0.2, 0) is 6.42 Å². The van der Waals surface area contributed by atoms with Crippen LogP contribution in [0.4, 0.5) is 5.82 Å². The van der Waals surface area contributed by atoms with Gasteiger partial charge in [0.05, 0.1) is 16.7 Å². The molecule has 4 nitrogen and oxygen atoms in total. The number of thioether (sulfide) groups is 1. The van der Waals surface area contributed by atoms with E-state index in [1.807, 2.05) is 0 Å². The zero-order valence-electron chi connectivity index (χ0n) is 10.0. The maximum Gasteiger partial charge on any atom is 0.224 e. The lowest BCUT2D eigenvalue weighted by Gasteiger charge is -2.27. The minimum atomic E-state index is -0.128. The largest absolute Gasteiger partial charge is 0.393 e. The van der Waals surface area contributed by atoms with E-state index in [4.69, 9.17) is 11.6 Å². The van der Waals surface area contributed by atoms with Gasteiger partial charge in [-0.2, -0.15) is 4.98 Å². The number of aliphatic hydroxyl groups is 1. The molecule has 1 aromatic heterocycles. The van der Waals surface area contributed by atoms with Crippen molar-refractivity contribution in [2.45, 2.75) is 49.1 Å². The number of halogens is 1. The number of nitrogens with zero attached hydrogens (tertiary/aromatic N) is 2. The number of fused-ring (bicyclic) bond motifs is 1. The predicted molar refractivity (Wildman–Crippen MR) is 73.4 cm³/mol. The van der Waals surface area contributed by atoms with Crippen molar-refractivity contribution in [3.05, 3.63) is 11.0 Å². The fourth-order valence-corrected chi connectivity index (χ4v) is 3.79. The highest BCUT2D eigenvalue weighted by atomic mass is 35.5. The summed E-state index contributed by atoms with van der Waals surface area (Å²) >= 11 is 7.75. The standard InChI is InChI=1S/C12H16ClN3OS/c13-12-15-9-5-6-18-10(9)11(16-12)14-7-1-3-8(17)4-2-7/h7-8,17H,1-6H2,(H,14,15,16). The third-order valence-electron chi connectivity index (χ3n) is 3.53. The van der Waals surface area contributed by atoms with Gasteiger partial charge in [0, 0.05) is 18.2 Å². The number of hydrogen-bond acceptors (Lipinski definition) is 5. The first-order valence-corrected chi connectivity index (χ1v) is 7.72. The molecular weight excluding hydrogens is 270 g/mol. The Balaban J connectivity index is 1.76. The average molecular weight is 286 g/mol.